The molecule has 2 aliphatic rings. The molecule has 1 aliphatic heterocycles. The summed E-state index contributed by atoms with van der Waals surface area (Å²) in [6, 6.07) is 22.6. The Hall–Kier alpha value is -4.39. The molecule has 0 aromatic heterocycles. The van der Waals surface area contributed by atoms with E-state index in [1.807, 2.05) is 42.5 Å². The molecule has 0 bridgehead atoms. The highest BCUT2D eigenvalue weighted by atomic mass is 16.5. The number of ether oxygens (including phenoxy) is 2. The van der Waals surface area contributed by atoms with Crippen molar-refractivity contribution in [3.8, 4) is 11.5 Å². The van der Waals surface area contributed by atoms with Crippen molar-refractivity contribution in [3.05, 3.63) is 95.2 Å². The normalized spacial score (nSPS) is 19.2. The molecule has 1 N–H and O–H groups in total. The van der Waals surface area contributed by atoms with Gasteiger partial charge in [-0.3, -0.25) is 19.3 Å². The van der Waals surface area contributed by atoms with Crippen LogP contribution in [0.15, 0.2) is 84.1 Å². The number of hydrogen-bond donors (Lipinski definition) is 1. The SMILES string of the molecule is COc1ccc(C2CC(=O)N(c3ccc(NC(C)=O)cc3)C3=C2C(=O)CC(c2ccccc2)C3)c(OC)c1. The van der Waals surface area contributed by atoms with E-state index in [1.54, 1.807) is 49.5 Å². The van der Waals surface area contributed by atoms with E-state index in [1.165, 1.54) is 6.92 Å². The second-order valence-electron chi connectivity index (χ2n) is 9.62. The van der Waals surface area contributed by atoms with Gasteiger partial charge in [0.05, 0.1) is 14.2 Å². The Morgan fingerprint density at radius 1 is 0.895 bits per heavy atom. The van der Waals surface area contributed by atoms with E-state index in [0.717, 1.165) is 16.8 Å². The Balaban J connectivity index is 1.63. The average Bonchev–Trinajstić information content (AvgIpc) is 2.93. The summed E-state index contributed by atoms with van der Waals surface area (Å²) in [7, 11) is 3.16. The van der Waals surface area contributed by atoms with Gasteiger partial charge in [-0.1, -0.05) is 36.4 Å². The molecule has 0 radical (unpaired) electrons. The summed E-state index contributed by atoms with van der Waals surface area (Å²) < 4.78 is 11.0. The van der Waals surface area contributed by atoms with E-state index in [-0.39, 0.29) is 29.9 Å². The molecular weight excluding hydrogens is 480 g/mol. The van der Waals surface area contributed by atoms with Crippen LogP contribution < -0.4 is 19.7 Å². The van der Waals surface area contributed by atoms with Gasteiger partial charge in [-0.2, -0.15) is 0 Å². The van der Waals surface area contributed by atoms with Crippen LogP contribution in [-0.4, -0.2) is 31.8 Å². The van der Waals surface area contributed by atoms with Crippen molar-refractivity contribution in [2.75, 3.05) is 24.4 Å². The van der Waals surface area contributed by atoms with Crippen LogP contribution in [0, 0.1) is 0 Å². The van der Waals surface area contributed by atoms with Crippen LogP contribution >= 0.6 is 0 Å². The molecule has 3 aromatic carbocycles. The van der Waals surface area contributed by atoms with Gasteiger partial charge in [0.25, 0.3) is 0 Å². The highest BCUT2D eigenvalue weighted by Gasteiger charge is 2.43. The maximum absolute atomic E-state index is 13.9. The molecule has 0 fully saturated rings. The summed E-state index contributed by atoms with van der Waals surface area (Å²) >= 11 is 0. The van der Waals surface area contributed by atoms with Gasteiger partial charge >= 0.3 is 0 Å². The predicted octanol–water partition coefficient (Wildman–Crippen LogP) is 5.58. The number of anilines is 2. The Bertz CT molecular complexity index is 1410. The van der Waals surface area contributed by atoms with Crippen molar-refractivity contribution >= 4 is 29.0 Å². The Labute approximate surface area is 222 Å². The summed E-state index contributed by atoms with van der Waals surface area (Å²) in [5.41, 5.74) is 4.56. The molecule has 0 saturated heterocycles. The summed E-state index contributed by atoms with van der Waals surface area (Å²) in [5.74, 6) is 0.542. The van der Waals surface area contributed by atoms with E-state index in [4.69, 9.17) is 9.47 Å². The smallest absolute Gasteiger partial charge is 0.232 e. The second kappa shape index (κ2) is 10.5. The standard InChI is InChI=1S/C31H30N2O5/c1-19(34)32-22-9-11-23(12-10-22)33-27-15-21(20-7-5-4-6-8-20)16-28(35)31(27)26(18-30(33)36)25-14-13-24(37-2)17-29(25)38-3/h4-14,17,21,26H,15-16,18H2,1-3H3,(H,32,34). The number of amides is 2. The van der Waals surface area contributed by atoms with E-state index in [0.29, 0.717) is 41.3 Å². The van der Waals surface area contributed by atoms with Gasteiger partial charge in [0.2, 0.25) is 11.8 Å². The molecule has 0 saturated carbocycles. The molecule has 7 nitrogen and oxygen atoms in total. The maximum atomic E-state index is 13.9. The lowest BCUT2D eigenvalue weighted by Gasteiger charge is -2.40. The van der Waals surface area contributed by atoms with Gasteiger partial charge in [-0.15, -0.1) is 0 Å². The van der Waals surface area contributed by atoms with Gasteiger partial charge in [0.15, 0.2) is 5.78 Å². The molecule has 1 heterocycles. The Kier molecular flexibility index (Phi) is 7.01. The minimum atomic E-state index is -0.419. The number of hydrogen-bond acceptors (Lipinski definition) is 5. The number of carbonyl (C=O) groups excluding carboxylic acids is 3. The molecule has 1 aliphatic carbocycles. The molecule has 38 heavy (non-hydrogen) atoms. The Morgan fingerprint density at radius 2 is 1.63 bits per heavy atom. The van der Waals surface area contributed by atoms with Crippen LogP contribution in [0.5, 0.6) is 11.5 Å². The molecule has 2 amide bonds. The lowest BCUT2D eigenvalue weighted by molar-refractivity contribution is -0.120. The second-order valence-corrected chi connectivity index (χ2v) is 9.62. The van der Waals surface area contributed by atoms with Crippen LogP contribution in [0.25, 0.3) is 0 Å². The number of rotatable bonds is 6. The molecule has 7 heteroatoms. The zero-order chi connectivity index (χ0) is 26.8. The number of carbonyl (C=O) groups is 3. The molecule has 0 spiro atoms. The number of Topliss-reactive ketones (excluding diaryl/α,β-unsaturated/α-hetero) is 1. The first kappa shape index (κ1) is 25.3. The van der Waals surface area contributed by atoms with Crippen LogP contribution in [0.3, 0.4) is 0 Å². The fraction of sp³-hybridized carbons (Fsp3) is 0.258. The van der Waals surface area contributed by atoms with Crippen molar-refractivity contribution in [1.29, 1.82) is 0 Å². The Morgan fingerprint density at radius 3 is 2.29 bits per heavy atom. The minimum Gasteiger partial charge on any atom is -0.497 e. The molecule has 3 aromatic rings. The van der Waals surface area contributed by atoms with Gasteiger partial charge in [0.1, 0.15) is 11.5 Å². The number of benzene rings is 3. The molecule has 5 rings (SSSR count). The monoisotopic (exact) mass is 510 g/mol. The van der Waals surface area contributed by atoms with E-state index in [2.05, 4.69) is 5.32 Å². The lowest BCUT2D eigenvalue weighted by atomic mass is 9.72. The van der Waals surface area contributed by atoms with Crippen molar-refractivity contribution in [1.82, 2.24) is 0 Å². The quantitative estimate of drug-likeness (QED) is 0.468. The topological polar surface area (TPSA) is 84.9 Å². The molecule has 2 unspecified atom stereocenters. The van der Waals surface area contributed by atoms with Crippen molar-refractivity contribution < 1.29 is 23.9 Å². The number of nitrogens with one attached hydrogen (secondary N) is 1. The number of methoxy groups -OCH3 is 2. The van der Waals surface area contributed by atoms with Crippen LogP contribution in [0.1, 0.15) is 49.1 Å². The fourth-order valence-electron chi connectivity index (χ4n) is 5.57. The summed E-state index contributed by atoms with van der Waals surface area (Å²) in [5, 5.41) is 2.76. The molecular formula is C31H30N2O5. The third kappa shape index (κ3) is 4.79. The summed E-state index contributed by atoms with van der Waals surface area (Å²) in [6.07, 6.45) is 1.07. The zero-order valence-electron chi connectivity index (χ0n) is 21.7. The van der Waals surface area contributed by atoms with Crippen molar-refractivity contribution in [3.63, 3.8) is 0 Å². The van der Waals surface area contributed by atoms with Crippen molar-refractivity contribution in [2.45, 2.75) is 38.0 Å². The highest BCUT2D eigenvalue weighted by molar-refractivity contribution is 6.08. The fourth-order valence-corrected chi connectivity index (χ4v) is 5.57. The van der Waals surface area contributed by atoms with Gasteiger partial charge in [0, 0.05) is 60.0 Å². The van der Waals surface area contributed by atoms with Gasteiger partial charge < -0.3 is 14.8 Å². The summed E-state index contributed by atoms with van der Waals surface area (Å²) in [4.78, 5) is 40.8. The van der Waals surface area contributed by atoms with Crippen LogP contribution in [0.2, 0.25) is 0 Å². The highest BCUT2D eigenvalue weighted by Crippen LogP contribution is 2.49. The predicted molar refractivity (Wildman–Crippen MR) is 146 cm³/mol. The molecule has 194 valence electrons. The molecule has 2 atom stereocenters. The van der Waals surface area contributed by atoms with Crippen molar-refractivity contribution in [2.24, 2.45) is 0 Å². The van der Waals surface area contributed by atoms with Crippen LogP contribution in [-0.2, 0) is 14.4 Å². The first-order valence-electron chi connectivity index (χ1n) is 12.6. The average molecular weight is 511 g/mol. The maximum Gasteiger partial charge on any atom is 0.232 e. The first-order chi connectivity index (χ1) is 18.4. The van der Waals surface area contributed by atoms with Gasteiger partial charge in [-0.25, -0.2) is 0 Å². The van der Waals surface area contributed by atoms with Crippen LogP contribution in [0.4, 0.5) is 11.4 Å². The lowest BCUT2D eigenvalue weighted by Crippen LogP contribution is -2.41. The minimum absolute atomic E-state index is 0.0343. The van der Waals surface area contributed by atoms with E-state index >= 15 is 0 Å². The van der Waals surface area contributed by atoms with E-state index < -0.39 is 5.92 Å². The zero-order valence-corrected chi connectivity index (χ0v) is 21.7. The first-order valence-corrected chi connectivity index (χ1v) is 12.6. The number of nitrogens with zero attached hydrogens (tertiary/aromatic N) is 1. The summed E-state index contributed by atoms with van der Waals surface area (Å²) in [6.45, 7) is 1.45. The number of ketones is 1. The third-order valence-corrected chi connectivity index (χ3v) is 7.26. The van der Waals surface area contributed by atoms with Gasteiger partial charge in [-0.05, 0) is 48.2 Å². The third-order valence-electron chi connectivity index (χ3n) is 7.26. The number of allylic oxidation sites excluding steroid dienone is 2. The van der Waals surface area contributed by atoms with E-state index in [9.17, 15) is 14.4 Å². The largest absolute Gasteiger partial charge is 0.497 e.